The molecule has 4 rings (SSSR count). The number of nitrogens with zero attached hydrogens (tertiary/aromatic N) is 4. The van der Waals surface area contributed by atoms with Gasteiger partial charge in [0.2, 0.25) is 11.7 Å². The monoisotopic (exact) mass is 436 g/mol. The van der Waals surface area contributed by atoms with E-state index < -0.39 is 30.1 Å². The summed E-state index contributed by atoms with van der Waals surface area (Å²) in [5.74, 6) is -0.471. The van der Waals surface area contributed by atoms with Gasteiger partial charge in [-0.15, -0.1) is 0 Å². The first-order chi connectivity index (χ1) is 14.9. The SMILES string of the molecule is O=C(NCCC1=CCNCC1)N1CCC(c2nc(-c3ccncc3)no2)(C(F)(F)F)C1. The molecule has 0 spiro atoms. The molecule has 2 N–H and O–H groups in total. The van der Waals surface area contributed by atoms with E-state index in [1.54, 1.807) is 12.1 Å². The first kappa shape index (κ1) is 21.3. The Morgan fingerprint density at radius 3 is 2.84 bits per heavy atom. The van der Waals surface area contributed by atoms with Crippen molar-refractivity contribution in [2.75, 3.05) is 32.7 Å². The van der Waals surface area contributed by atoms with E-state index in [0.29, 0.717) is 18.5 Å². The minimum Gasteiger partial charge on any atom is -0.338 e. The molecule has 0 saturated carbocycles. The van der Waals surface area contributed by atoms with Crippen LogP contribution in [0.15, 0.2) is 40.7 Å². The van der Waals surface area contributed by atoms with Gasteiger partial charge in [0.05, 0.1) is 0 Å². The van der Waals surface area contributed by atoms with Crippen molar-refractivity contribution in [3.63, 3.8) is 0 Å². The van der Waals surface area contributed by atoms with Gasteiger partial charge in [-0.3, -0.25) is 4.98 Å². The Morgan fingerprint density at radius 1 is 1.32 bits per heavy atom. The molecular formula is C20H23F3N6O2. The Kier molecular flexibility index (Phi) is 5.94. The summed E-state index contributed by atoms with van der Waals surface area (Å²) in [6, 6.07) is 2.65. The summed E-state index contributed by atoms with van der Waals surface area (Å²) < 4.78 is 47.5. The van der Waals surface area contributed by atoms with Crippen LogP contribution in [0.1, 0.15) is 25.2 Å². The van der Waals surface area contributed by atoms with Gasteiger partial charge in [-0.05, 0) is 37.9 Å². The van der Waals surface area contributed by atoms with E-state index in [2.05, 4.69) is 31.8 Å². The third-order valence-electron chi connectivity index (χ3n) is 5.75. The van der Waals surface area contributed by atoms with Crippen LogP contribution < -0.4 is 10.6 Å². The van der Waals surface area contributed by atoms with Crippen molar-refractivity contribution in [3.05, 3.63) is 42.1 Å². The van der Waals surface area contributed by atoms with E-state index in [9.17, 15) is 18.0 Å². The highest BCUT2D eigenvalue weighted by molar-refractivity contribution is 5.74. The van der Waals surface area contributed by atoms with Gasteiger partial charge in [0.15, 0.2) is 5.41 Å². The van der Waals surface area contributed by atoms with Crippen molar-refractivity contribution in [3.8, 4) is 11.4 Å². The third kappa shape index (κ3) is 4.41. The number of carbonyl (C=O) groups is 1. The number of halogens is 3. The van der Waals surface area contributed by atoms with E-state index in [1.165, 1.54) is 22.9 Å². The lowest BCUT2D eigenvalue weighted by molar-refractivity contribution is -0.193. The van der Waals surface area contributed by atoms with Gasteiger partial charge < -0.3 is 20.1 Å². The van der Waals surface area contributed by atoms with Crippen LogP contribution in [-0.2, 0) is 5.41 Å². The lowest BCUT2D eigenvalue weighted by Crippen LogP contribution is -2.47. The minimum atomic E-state index is -4.65. The summed E-state index contributed by atoms with van der Waals surface area (Å²) in [5, 5.41) is 9.65. The van der Waals surface area contributed by atoms with Crippen molar-refractivity contribution in [2.24, 2.45) is 0 Å². The summed E-state index contributed by atoms with van der Waals surface area (Å²) in [4.78, 5) is 21.6. The fraction of sp³-hybridized carbons (Fsp3) is 0.500. The molecule has 1 unspecified atom stereocenters. The van der Waals surface area contributed by atoms with E-state index in [0.717, 1.165) is 19.5 Å². The number of likely N-dealkylation sites (tertiary alicyclic amines) is 1. The Balaban J connectivity index is 1.45. The number of amides is 2. The van der Waals surface area contributed by atoms with Gasteiger partial charge in [0, 0.05) is 44.1 Å². The zero-order valence-electron chi connectivity index (χ0n) is 16.8. The lowest BCUT2D eigenvalue weighted by atomic mass is 9.86. The number of nitrogens with one attached hydrogen (secondary N) is 2. The molecular weight excluding hydrogens is 413 g/mol. The molecule has 0 aliphatic carbocycles. The van der Waals surface area contributed by atoms with E-state index in [1.807, 2.05) is 0 Å². The molecule has 2 aliphatic heterocycles. The maximum atomic E-state index is 14.1. The maximum absolute atomic E-state index is 14.1. The van der Waals surface area contributed by atoms with Crippen molar-refractivity contribution < 1.29 is 22.5 Å². The number of carbonyl (C=O) groups excluding carboxylic acids is 1. The molecule has 166 valence electrons. The number of hydrogen-bond acceptors (Lipinski definition) is 6. The van der Waals surface area contributed by atoms with Crippen molar-refractivity contribution in [1.82, 2.24) is 30.7 Å². The summed E-state index contributed by atoms with van der Waals surface area (Å²) in [6.07, 6.45) is 1.68. The molecule has 2 aliphatic rings. The standard InChI is InChI=1S/C20H23F3N6O2/c21-20(22,23)19(17-27-16(28-31-17)15-4-9-25-10-5-15)6-12-29(13-19)18(30)26-11-3-14-1-7-24-8-2-14/h1,4-5,9-10,24H,2-3,6-8,11-13H2,(H,26,30). The van der Waals surface area contributed by atoms with Gasteiger partial charge in [0.1, 0.15) is 0 Å². The van der Waals surface area contributed by atoms with Crippen LogP contribution in [0.2, 0.25) is 0 Å². The van der Waals surface area contributed by atoms with Crippen LogP contribution in [0.25, 0.3) is 11.4 Å². The highest BCUT2D eigenvalue weighted by atomic mass is 19.4. The number of hydrogen-bond donors (Lipinski definition) is 2. The molecule has 1 atom stereocenters. The van der Waals surface area contributed by atoms with Gasteiger partial charge in [-0.2, -0.15) is 18.2 Å². The summed E-state index contributed by atoms with van der Waals surface area (Å²) >= 11 is 0. The molecule has 2 aromatic rings. The van der Waals surface area contributed by atoms with Crippen LogP contribution in [0.3, 0.4) is 0 Å². The molecule has 0 radical (unpaired) electrons. The van der Waals surface area contributed by atoms with Crippen molar-refractivity contribution in [1.29, 1.82) is 0 Å². The lowest BCUT2D eigenvalue weighted by Gasteiger charge is -2.28. The van der Waals surface area contributed by atoms with Crippen LogP contribution in [0.4, 0.5) is 18.0 Å². The van der Waals surface area contributed by atoms with Crippen molar-refractivity contribution in [2.45, 2.75) is 30.9 Å². The largest absolute Gasteiger partial charge is 0.405 e. The average Bonchev–Trinajstić information content (AvgIpc) is 3.43. The molecule has 1 fully saturated rings. The first-order valence-electron chi connectivity index (χ1n) is 10.1. The molecule has 0 aromatic carbocycles. The second-order valence-electron chi connectivity index (χ2n) is 7.71. The zero-order valence-corrected chi connectivity index (χ0v) is 16.8. The highest BCUT2D eigenvalue weighted by Crippen LogP contribution is 2.47. The van der Waals surface area contributed by atoms with E-state index >= 15 is 0 Å². The van der Waals surface area contributed by atoms with Gasteiger partial charge in [-0.1, -0.05) is 16.8 Å². The quantitative estimate of drug-likeness (QED) is 0.700. The Bertz CT molecular complexity index is 946. The predicted octanol–water partition coefficient (Wildman–Crippen LogP) is 2.66. The Hall–Kier alpha value is -2.95. The summed E-state index contributed by atoms with van der Waals surface area (Å²) in [7, 11) is 0. The molecule has 11 heteroatoms. The number of urea groups is 1. The predicted molar refractivity (Wildman–Crippen MR) is 105 cm³/mol. The Morgan fingerprint density at radius 2 is 2.13 bits per heavy atom. The van der Waals surface area contributed by atoms with Crippen LogP contribution in [0.5, 0.6) is 0 Å². The zero-order chi connectivity index (χ0) is 21.9. The summed E-state index contributed by atoms with van der Waals surface area (Å²) in [6.45, 7) is 1.46. The van der Waals surface area contributed by atoms with Crippen molar-refractivity contribution >= 4 is 6.03 Å². The fourth-order valence-corrected chi connectivity index (χ4v) is 3.88. The van der Waals surface area contributed by atoms with Crippen LogP contribution in [-0.4, -0.2) is 65.0 Å². The molecule has 2 aromatic heterocycles. The second-order valence-corrected chi connectivity index (χ2v) is 7.71. The van der Waals surface area contributed by atoms with E-state index in [4.69, 9.17) is 4.52 Å². The minimum absolute atomic E-state index is 0.0507. The smallest absolute Gasteiger partial charge is 0.338 e. The maximum Gasteiger partial charge on any atom is 0.405 e. The van der Waals surface area contributed by atoms with Crippen LogP contribution in [0, 0.1) is 0 Å². The molecule has 2 amide bonds. The van der Waals surface area contributed by atoms with Gasteiger partial charge in [0.25, 0.3) is 0 Å². The van der Waals surface area contributed by atoms with Gasteiger partial charge >= 0.3 is 12.2 Å². The first-order valence-corrected chi connectivity index (χ1v) is 10.1. The molecule has 4 heterocycles. The molecule has 0 bridgehead atoms. The summed E-state index contributed by atoms with van der Waals surface area (Å²) in [5.41, 5.74) is -0.651. The second kappa shape index (κ2) is 8.66. The molecule has 8 nitrogen and oxygen atoms in total. The van der Waals surface area contributed by atoms with Gasteiger partial charge in [-0.25, -0.2) is 4.79 Å². The fourth-order valence-electron chi connectivity index (χ4n) is 3.88. The number of aromatic nitrogens is 3. The Labute approximate surface area is 176 Å². The number of alkyl halides is 3. The third-order valence-corrected chi connectivity index (χ3v) is 5.75. The highest BCUT2D eigenvalue weighted by Gasteiger charge is 2.63. The number of rotatable bonds is 5. The topological polar surface area (TPSA) is 96.2 Å². The van der Waals surface area contributed by atoms with E-state index in [-0.39, 0.29) is 18.8 Å². The molecule has 31 heavy (non-hydrogen) atoms. The number of pyridine rings is 1. The average molecular weight is 436 g/mol. The molecule has 1 saturated heterocycles. The normalized spacial score (nSPS) is 21.8. The van der Waals surface area contributed by atoms with Crippen LogP contribution >= 0.6 is 0 Å².